The molecule has 0 bridgehead atoms. The van der Waals surface area contributed by atoms with Gasteiger partial charge in [-0.15, -0.1) is 15.7 Å². The zero-order valence-corrected chi connectivity index (χ0v) is 8.95. The lowest BCUT2D eigenvalue weighted by Gasteiger charge is -2.18. The van der Waals surface area contributed by atoms with Crippen LogP contribution in [-0.4, -0.2) is 32.8 Å². The number of aromatic amines is 1. The summed E-state index contributed by atoms with van der Waals surface area (Å²) in [5, 5.41) is 12.6. The number of aromatic nitrogens is 4. The SMILES string of the molecule is CC(C)[C@H](NOC(=O)C(F)(F)F)c1nn[nH]n1. The summed E-state index contributed by atoms with van der Waals surface area (Å²) in [5.74, 6) is -2.42. The molecule has 1 aromatic rings. The van der Waals surface area contributed by atoms with Gasteiger partial charge in [-0.25, -0.2) is 4.79 Å². The summed E-state index contributed by atoms with van der Waals surface area (Å²) >= 11 is 0. The number of hydrogen-bond donors (Lipinski definition) is 2. The first-order chi connectivity index (χ1) is 7.82. The van der Waals surface area contributed by atoms with Gasteiger partial charge in [0.2, 0.25) is 0 Å². The Bertz CT molecular complexity index is 364. The van der Waals surface area contributed by atoms with Crippen LogP contribution in [0.4, 0.5) is 13.2 Å². The molecule has 1 atom stereocenters. The summed E-state index contributed by atoms with van der Waals surface area (Å²) in [4.78, 5) is 14.4. The summed E-state index contributed by atoms with van der Waals surface area (Å²) in [7, 11) is 0. The van der Waals surface area contributed by atoms with Crippen molar-refractivity contribution in [1.29, 1.82) is 0 Å². The molecule has 0 aliphatic heterocycles. The van der Waals surface area contributed by atoms with Crippen molar-refractivity contribution in [2.24, 2.45) is 5.92 Å². The zero-order valence-electron chi connectivity index (χ0n) is 8.95. The highest BCUT2D eigenvalue weighted by Gasteiger charge is 2.42. The van der Waals surface area contributed by atoms with E-state index in [9.17, 15) is 18.0 Å². The zero-order chi connectivity index (χ0) is 13.1. The van der Waals surface area contributed by atoms with Gasteiger partial charge in [-0.2, -0.15) is 18.4 Å². The molecule has 0 amide bonds. The van der Waals surface area contributed by atoms with Crippen molar-refractivity contribution in [3.05, 3.63) is 5.82 Å². The van der Waals surface area contributed by atoms with Crippen LogP contribution in [-0.2, 0) is 9.63 Å². The standard InChI is InChI=1S/C7H10F3N5O2/c1-3(2)4(5-11-14-15-12-5)13-17-6(16)7(8,9)10/h3-4,13H,1-2H3,(H,11,12,14,15)/t4-/m0/s1. The van der Waals surface area contributed by atoms with Gasteiger partial charge in [-0.1, -0.05) is 19.1 Å². The Morgan fingerprint density at radius 2 is 2.12 bits per heavy atom. The molecule has 1 heterocycles. The Balaban J connectivity index is 2.61. The molecule has 0 radical (unpaired) electrons. The van der Waals surface area contributed by atoms with Crippen molar-refractivity contribution >= 4 is 5.97 Å². The Morgan fingerprint density at radius 3 is 2.53 bits per heavy atom. The largest absolute Gasteiger partial charge is 0.492 e. The van der Waals surface area contributed by atoms with Crippen LogP contribution >= 0.6 is 0 Å². The van der Waals surface area contributed by atoms with Gasteiger partial charge in [-0.3, -0.25) is 0 Å². The molecule has 0 saturated carbocycles. The molecule has 17 heavy (non-hydrogen) atoms. The minimum atomic E-state index is -5.05. The highest BCUT2D eigenvalue weighted by molar-refractivity contribution is 5.75. The number of H-pyrrole nitrogens is 1. The summed E-state index contributed by atoms with van der Waals surface area (Å²) < 4.78 is 35.6. The first-order valence-corrected chi connectivity index (χ1v) is 4.59. The summed E-state index contributed by atoms with van der Waals surface area (Å²) in [6.45, 7) is 3.38. The first-order valence-electron chi connectivity index (χ1n) is 4.59. The van der Waals surface area contributed by atoms with Gasteiger partial charge in [-0.05, 0) is 5.92 Å². The van der Waals surface area contributed by atoms with E-state index in [2.05, 4.69) is 25.5 Å². The van der Waals surface area contributed by atoms with Crippen LogP contribution in [0.25, 0.3) is 0 Å². The maximum Gasteiger partial charge on any atom is 0.492 e. The van der Waals surface area contributed by atoms with Gasteiger partial charge in [0.15, 0.2) is 5.82 Å². The highest BCUT2D eigenvalue weighted by Crippen LogP contribution is 2.19. The van der Waals surface area contributed by atoms with Crippen molar-refractivity contribution in [3.8, 4) is 0 Å². The molecule has 0 saturated heterocycles. The maximum absolute atomic E-state index is 11.9. The number of hydroxylamine groups is 1. The fourth-order valence-electron chi connectivity index (χ4n) is 0.963. The third-order valence-electron chi connectivity index (χ3n) is 1.82. The molecule has 96 valence electrons. The van der Waals surface area contributed by atoms with Crippen LogP contribution in [0.15, 0.2) is 0 Å². The molecule has 0 spiro atoms. The molecule has 0 aliphatic carbocycles. The third kappa shape index (κ3) is 3.66. The molecular weight excluding hydrogens is 243 g/mol. The number of hydrogen-bond acceptors (Lipinski definition) is 6. The molecule has 1 rings (SSSR count). The number of alkyl halides is 3. The van der Waals surface area contributed by atoms with Gasteiger partial charge in [0.05, 0.1) is 0 Å². The van der Waals surface area contributed by atoms with Crippen molar-refractivity contribution < 1.29 is 22.8 Å². The number of halogens is 3. The van der Waals surface area contributed by atoms with E-state index in [-0.39, 0.29) is 11.7 Å². The molecule has 0 aliphatic rings. The summed E-state index contributed by atoms with van der Waals surface area (Å²) in [5.41, 5.74) is 1.97. The number of carbonyl (C=O) groups excluding carboxylic acids is 1. The Morgan fingerprint density at radius 1 is 1.47 bits per heavy atom. The molecule has 0 aromatic carbocycles. The number of tetrazole rings is 1. The Labute approximate surface area is 93.7 Å². The van der Waals surface area contributed by atoms with Gasteiger partial charge in [0.25, 0.3) is 0 Å². The fourth-order valence-corrected chi connectivity index (χ4v) is 0.963. The number of carbonyl (C=O) groups is 1. The third-order valence-corrected chi connectivity index (χ3v) is 1.82. The molecule has 0 unspecified atom stereocenters. The number of nitrogens with one attached hydrogen (secondary N) is 2. The summed E-state index contributed by atoms with van der Waals surface area (Å²) in [6.07, 6.45) is -5.05. The average molecular weight is 253 g/mol. The Hall–Kier alpha value is -1.71. The van der Waals surface area contributed by atoms with E-state index < -0.39 is 18.2 Å². The fraction of sp³-hybridized carbons (Fsp3) is 0.714. The van der Waals surface area contributed by atoms with Gasteiger partial charge < -0.3 is 4.84 Å². The lowest BCUT2D eigenvalue weighted by Crippen LogP contribution is -2.35. The normalized spacial score (nSPS) is 13.8. The predicted molar refractivity (Wildman–Crippen MR) is 47.0 cm³/mol. The van der Waals surface area contributed by atoms with E-state index in [1.807, 2.05) is 5.48 Å². The van der Waals surface area contributed by atoms with Gasteiger partial charge >= 0.3 is 12.1 Å². The topological polar surface area (TPSA) is 92.8 Å². The van der Waals surface area contributed by atoms with Crippen molar-refractivity contribution in [2.75, 3.05) is 0 Å². The summed E-state index contributed by atoms with van der Waals surface area (Å²) in [6, 6.07) is -0.778. The molecule has 1 aromatic heterocycles. The second-order valence-corrected chi connectivity index (χ2v) is 3.50. The molecule has 10 heteroatoms. The monoisotopic (exact) mass is 253 g/mol. The molecule has 2 N–H and O–H groups in total. The van der Waals surface area contributed by atoms with E-state index in [0.29, 0.717) is 0 Å². The second kappa shape index (κ2) is 5.08. The molecule has 7 nitrogen and oxygen atoms in total. The minimum absolute atomic E-state index is 0.106. The van der Waals surface area contributed by atoms with Crippen molar-refractivity contribution in [1.82, 2.24) is 26.1 Å². The predicted octanol–water partition coefficient (Wildman–Crippen LogP) is 0.507. The van der Waals surface area contributed by atoms with Crippen LogP contribution in [0.5, 0.6) is 0 Å². The average Bonchev–Trinajstić information content (AvgIpc) is 2.69. The van der Waals surface area contributed by atoms with E-state index >= 15 is 0 Å². The van der Waals surface area contributed by atoms with Crippen molar-refractivity contribution in [3.63, 3.8) is 0 Å². The van der Waals surface area contributed by atoms with E-state index in [1.165, 1.54) is 0 Å². The van der Waals surface area contributed by atoms with E-state index in [1.54, 1.807) is 13.8 Å². The number of rotatable bonds is 4. The lowest BCUT2D eigenvalue weighted by molar-refractivity contribution is -0.209. The molecule has 0 fully saturated rings. The molecular formula is C7H10F3N5O2. The maximum atomic E-state index is 11.9. The Kier molecular flexibility index (Phi) is 3.99. The van der Waals surface area contributed by atoms with E-state index in [0.717, 1.165) is 0 Å². The minimum Gasteiger partial charge on any atom is -0.363 e. The van der Waals surface area contributed by atoms with Crippen LogP contribution < -0.4 is 5.48 Å². The lowest BCUT2D eigenvalue weighted by atomic mass is 10.1. The van der Waals surface area contributed by atoms with Crippen LogP contribution in [0.2, 0.25) is 0 Å². The van der Waals surface area contributed by atoms with Crippen molar-refractivity contribution in [2.45, 2.75) is 26.1 Å². The quantitative estimate of drug-likeness (QED) is 0.759. The van der Waals surface area contributed by atoms with Crippen LogP contribution in [0.3, 0.4) is 0 Å². The second-order valence-electron chi connectivity index (χ2n) is 3.50. The van der Waals surface area contributed by atoms with Gasteiger partial charge in [0.1, 0.15) is 6.04 Å². The smallest absolute Gasteiger partial charge is 0.363 e. The van der Waals surface area contributed by atoms with E-state index in [4.69, 9.17) is 0 Å². The van der Waals surface area contributed by atoms with Gasteiger partial charge in [0, 0.05) is 0 Å². The first kappa shape index (κ1) is 13.4. The highest BCUT2D eigenvalue weighted by atomic mass is 19.4. The number of nitrogens with zero attached hydrogens (tertiary/aromatic N) is 3. The van der Waals surface area contributed by atoms with Crippen LogP contribution in [0, 0.1) is 5.92 Å². The van der Waals surface area contributed by atoms with Crippen LogP contribution in [0.1, 0.15) is 25.7 Å².